The number of anilines is 1. The topological polar surface area (TPSA) is 105 Å². The minimum Gasteiger partial charge on any atom is -0.369 e. The van der Waals surface area contributed by atoms with Gasteiger partial charge in [-0.1, -0.05) is 12.1 Å². The van der Waals surface area contributed by atoms with Gasteiger partial charge in [-0.15, -0.1) is 14.8 Å². The minimum atomic E-state index is -0.209. The Morgan fingerprint density at radius 3 is 2.48 bits per heavy atom. The van der Waals surface area contributed by atoms with E-state index in [1.807, 2.05) is 0 Å². The molecule has 0 atom stereocenters. The number of benzene rings is 1. The number of amides is 2. The average Bonchev–Trinajstić information content (AvgIpc) is 3.19. The second-order valence-corrected chi connectivity index (χ2v) is 5.69. The van der Waals surface area contributed by atoms with Crippen molar-refractivity contribution in [3.8, 4) is 0 Å². The SMILES string of the molecule is O=C1c2ccccc2C(=O)N1CCCCNc1ccc2nnnn2n1. The molecule has 0 unspecified atom stereocenters. The van der Waals surface area contributed by atoms with Crippen molar-refractivity contribution in [1.29, 1.82) is 0 Å². The van der Waals surface area contributed by atoms with Crippen LogP contribution in [0.25, 0.3) is 5.65 Å². The van der Waals surface area contributed by atoms with Crippen LogP contribution in [0.3, 0.4) is 0 Å². The Balaban J connectivity index is 1.27. The lowest BCUT2D eigenvalue weighted by atomic mass is 10.1. The summed E-state index contributed by atoms with van der Waals surface area (Å²) in [5.41, 5.74) is 1.56. The number of imide groups is 1. The van der Waals surface area contributed by atoms with Crippen LogP contribution >= 0.6 is 0 Å². The highest BCUT2D eigenvalue weighted by Crippen LogP contribution is 2.22. The van der Waals surface area contributed by atoms with Gasteiger partial charge in [0.15, 0.2) is 5.65 Å². The third-order valence-corrected chi connectivity index (χ3v) is 4.06. The number of nitrogens with zero attached hydrogens (tertiary/aromatic N) is 6. The van der Waals surface area contributed by atoms with Crippen molar-refractivity contribution in [3.63, 3.8) is 0 Å². The van der Waals surface area contributed by atoms with Crippen LogP contribution in [-0.4, -0.2) is 55.1 Å². The van der Waals surface area contributed by atoms with E-state index in [9.17, 15) is 9.59 Å². The van der Waals surface area contributed by atoms with Gasteiger partial charge in [0.2, 0.25) is 0 Å². The monoisotopic (exact) mass is 337 g/mol. The molecule has 1 aromatic carbocycles. The molecule has 1 aliphatic heterocycles. The molecule has 3 aromatic rings. The summed E-state index contributed by atoms with van der Waals surface area (Å²) in [5.74, 6) is 0.249. The van der Waals surface area contributed by atoms with Crippen molar-refractivity contribution in [2.75, 3.05) is 18.4 Å². The highest BCUT2D eigenvalue weighted by atomic mass is 16.2. The first-order valence-electron chi connectivity index (χ1n) is 7.98. The van der Waals surface area contributed by atoms with Gasteiger partial charge in [-0.25, -0.2) is 0 Å². The number of hydrogen-bond acceptors (Lipinski definition) is 7. The van der Waals surface area contributed by atoms with Crippen LogP contribution < -0.4 is 5.32 Å². The number of tetrazole rings is 1. The quantitative estimate of drug-likeness (QED) is 0.528. The number of fused-ring (bicyclic) bond motifs is 2. The molecule has 4 rings (SSSR count). The average molecular weight is 337 g/mol. The van der Waals surface area contributed by atoms with Gasteiger partial charge in [0.1, 0.15) is 5.82 Å². The molecule has 0 bridgehead atoms. The van der Waals surface area contributed by atoms with E-state index < -0.39 is 0 Å². The van der Waals surface area contributed by atoms with Crippen molar-refractivity contribution >= 4 is 23.3 Å². The third kappa shape index (κ3) is 2.80. The van der Waals surface area contributed by atoms with E-state index in [1.165, 1.54) is 9.53 Å². The minimum absolute atomic E-state index is 0.209. The van der Waals surface area contributed by atoms with Gasteiger partial charge in [0.25, 0.3) is 11.8 Å². The number of rotatable bonds is 6. The number of aromatic nitrogens is 5. The highest BCUT2D eigenvalue weighted by Gasteiger charge is 2.34. The molecule has 126 valence electrons. The molecule has 2 amide bonds. The van der Waals surface area contributed by atoms with Crippen LogP contribution in [0, 0.1) is 0 Å². The third-order valence-electron chi connectivity index (χ3n) is 4.06. The Morgan fingerprint density at radius 2 is 1.72 bits per heavy atom. The van der Waals surface area contributed by atoms with Crippen LogP contribution in [0.15, 0.2) is 36.4 Å². The molecular formula is C16H15N7O2. The molecule has 0 fully saturated rings. The number of nitrogens with one attached hydrogen (secondary N) is 1. The molecule has 0 radical (unpaired) electrons. The molecule has 25 heavy (non-hydrogen) atoms. The Morgan fingerprint density at radius 1 is 0.960 bits per heavy atom. The largest absolute Gasteiger partial charge is 0.369 e. The van der Waals surface area contributed by atoms with Crippen LogP contribution in [-0.2, 0) is 0 Å². The van der Waals surface area contributed by atoms with E-state index in [1.54, 1.807) is 36.4 Å². The van der Waals surface area contributed by atoms with Gasteiger partial charge < -0.3 is 5.32 Å². The molecule has 1 N–H and O–H groups in total. The highest BCUT2D eigenvalue weighted by molar-refractivity contribution is 6.21. The van der Waals surface area contributed by atoms with E-state index in [-0.39, 0.29) is 11.8 Å². The van der Waals surface area contributed by atoms with Crippen molar-refractivity contribution in [1.82, 2.24) is 30.2 Å². The fraction of sp³-hybridized carbons (Fsp3) is 0.250. The number of carbonyl (C=O) groups excluding carboxylic acids is 2. The van der Waals surface area contributed by atoms with E-state index >= 15 is 0 Å². The molecule has 0 saturated heterocycles. The number of hydrogen-bond donors (Lipinski definition) is 1. The lowest BCUT2D eigenvalue weighted by molar-refractivity contribution is 0.0652. The molecule has 1 aliphatic rings. The second-order valence-electron chi connectivity index (χ2n) is 5.69. The summed E-state index contributed by atoms with van der Waals surface area (Å²) in [6, 6.07) is 10.5. The van der Waals surface area contributed by atoms with Crippen molar-refractivity contribution in [2.45, 2.75) is 12.8 Å². The molecule has 2 aromatic heterocycles. The summed E-state index contributed by atoms with van der Waals surface area (Å²) in [6.07, 6.45) is 1.51. The van der Waals surface area contributed by atoms with Gasteiger partial charge in [0, 0.05) is 13.1 Å². The zero-order valence-electron chi connectivity index (χ0n) is 13.3. The predicted octanol–water partition coefficient (Wildman–Crippen LogP) is 1.01. The zero-order valence-corrected chi connectivity index (χ0v) is 13.3. The second kappa shape index (κ2) is 6.27. The first-order chi connectivity index (χ1) is 12.2. The summed E-state index contributed by atoms with van der Waals surface area (Å²) in [4.78, 5) is 25.8. The maximum atomic E-state index is 12.2. The summed E-state index contributed by atoms with van der Waals surface area (Å²) in [7, 11) is 0. The lowest BCUT2D eigenvalue weighted by Gasteiger charge is -2.13. The fourth-order valence-corrected chi connectivity index (χ4v) is 2.80. The summed E-state index contributed by atoms with van der Waals surface area (Å²) >= 11 is 0. The summed E-state index contributed by atoms with van der Waals surface area (Å²) in [5, 5.41) is 18.4. The first kappa shape index (κ1) is 15.2. The fourth-order valence-electron chi connectivity index (χ4n) is 2.80. The van der Waals surface area contributed by atoms with Crippen molar-refractivity contribution in [3.05, 3.63) is 47.5 Å². The predicted molar refractivity (Wildman–Crippen MR) is 88.1 cm³/mol. The molecule has 0 aliphatic carbocycles. The smallest absolute Gasteiger partial charge is 0.261 e. The lowest BCUT2D eigenvalue weighted by Crippen LogP contribution is -2.30. The van der Waals surface area contributed by atoms with Crippen molar-refractivity contribution in [2.24, 2.45) is 0 Å². The van der Waals surface area contributed by atoms with Crippen LogP contribution in [0.5, 0.6) is 0 Å². The van der Waals surface area contributed by atoms with Crippen LogP contribution in [0.4, 0.5) is 5.82 Å². The number of unbranched alkanes of at least 4 members (excludes halogenated alkanes) is 1. The Labute approximate surface area is 142 Å². The van der Waals surface area contributed by atoms with E-state index in [2.05, 4.69) is 25.9 Å². The molecule has 9 heteroatoms. The Hall–Kier alpha value is -3.36. The van der Waals surface area contributed by atoms with Crippen LogP contribution in [0.1, 0.15) is 33.6 Å². The molecule has 0 spiro atoms. The van der Waals surface area contributed by atoms with E-state index in [0.29, 0.717) is 42.1 Å². The summed E-state index contributed by atoms with van der Waals surface area (Å²) in [6.45, 7) is 1.08. The Bertz CT molecular complexity index is 917. The van der Waals surface area contributed by atoms with Crippen LogP contribution in [0.2, 0.25) is 0 Å². The number of carbonyl (C=O) groups is 2. The van der Waals surface area contributed by atoms with Gasteiger partial charge in [-0.05, 0) is 47.5 Å². The standard InChI is InChI=1S/C16H15N7O2/c24-15-11-5-1-2-6-12(11)16(25)22(15)10-4-3-9-17-13-7-8-14-18-20-21-23(14)19-13/h1-2,5-8H,3-4,9-10H2,(H,17,19). The molecule has 3 heterocycles. The van der Waals surface area contributed by atoms with Gasteiger partial charge in [0.05, 0.1) is 11.1 Å². The maximum Gasteiger partial charge on any atom is 0.261 e. The van der Waals surface area contributed by atoms with Gasteiger partial charge in [-0.2, -0.15) is 0 Å². The Kier molecular flexibility index (Phi) is 3.81. The molecule has 0 saturated carbocycles. The first-order valence-corrected chi connectivity index (χ1v) is 7.98. The molecule has 9 nitrogen and oxygen atoms in total. The van der Waals surface area contributed by atoms with Gasteiger partial charge >= 0.3 is 0 Å². The normalized spacial score (nSPS) is 13.5. The van der Waals surface area contributed by atoms with E-state index in [0.717, 1.165) is 6.42 Å². The molecular weight excluding hydrogens is 322 g/mol. The van der Waals surface area contributed by atoms with Crippen molar-refractivity contribution < 1.29 is 9.59 Å². The summed E-state index contributed by atoms with van der Waals surface area (Å²) < 4.78 is 1.35. The van der Waals surface area contributed by atoms with Gasteiger partial charge in [-0.3, -0.25) is 14.5 Å². The van der Waals surface area contributed by atoms with E-state index in [4.69, 9.17) is 0 Å². The maximum absolute atomic E-state index is 12.2. The zero-order chi connectivity index (χ0) is 17.2.